The molecule has 1 aromatic carbocycles. The minimum absolute atomic E-state index is 0.139. The first-order chi connectivity index (χ1) is 13.4. The highest BCUT2D eigenvalue weighted by atomic mass is 19.4. The van der Waals surface area contributed by atoms with Gasteiger partial charge in [-0.15, -0.1) is 0 Å². The fourth-order valence-corrected chi connectivity index (χ4v) is 4.38. The van der Waals surface area contributed by atoms with Crippen LogP contribution in [0.4, 0.5) is 13.2 Å². The molecule has 28 heavy (non-hydrogen) atoms. The van der Waals surface area contributed by atoms with E-state index in [0.29, 0.717) is 31.0 Å². The minimum atomic E-state index is -4.38. The molecule has 150 valence electrons. The third-order valence-electron chi connectivity index (χ3n) is 5.87. The van der Waals surface area contributed by atoms with E-state index in [1.807, 2.05) is 4.90 Å². The quantitative estimate of drug-likeness (QED) is 0.844. The number of benzene rings is 1. The van der Waals surface area contributed by atoms with E-state index in [-0.39, 0.29) is 17.7 Å². The molecule has 1 aliphatic heterocycles. The Balaban J connectivity index is 1.54. The van der Waals surface area contributed by atoms with E-state index < -0.39 is 11.7 Å². The number of nitrogens with one attached hydrogen (secondary N) is 1. The van der Waals surface area contributed by atoms with Gasteiger partial charge in [-0.3, -0.25) is 9.69 Å². The van der Waals surface area contributed by atoms with Crippen molar-refractivity contribution < 1.29 is 13.2 Å². The summed E-state index contributed by atoms with van der Waals surface area (Å²) in [7, 11) is 0. The Bertz CT molecular complexity index is 900. The minimum Gasteiger partial charge on any atom is -0.310 e. The molecule has 1 aliphatic carbocycles. The summed E-state index contributed by atoms with van der Waals surface area (Å²) in [5.41, 5.74) is 0.890. The molecule has 1 N–H and O–H groups in total. The van der Waals surface area contributed by atoms with E-state index in [2.05, 4.69) is 4.98 Å². The van der Waals surface area contributed by atoms with E-state index in [9.17, 15) is 18.0 Å². The van der Waals surface area contributed by atoms with Crippen LogP contribution < -0.4 is 5.56 Å². The SMILES string of the molecule is O=c1[nH]c(C2CCCCC2)nc2c1CN(Cc1ccccc1C(F)(F)F)CC2. The van der Waals surface area contributed by atoms with E-state index in [1.54, 1.807) is 6.07 Å². The summed E-state index contributed by atoms with van der Waals surface area (Å²) in [6.07, 6.45) is 1.89. The number of aromatic nitrogens is 2. The predicted octanol–water partition coefficient (Wildman–Crippen LogP) is 4.39. The lowest BCUT2D eigenvalue weighted by atomic mass is 9.88. The summed E-state index contributed by atoms with van der Waals surface area (Å²) in [4.78, 5) is 22.2. The highest BCUT2D eigenvalue weighted by molar-refractivity contribution is 5.30. The third-order valence-corrected chi connectivity index (χ3v) is 5.87. The Hall–Kier alpha value is -2.15. The van der Waals surface area contributed by atoms with Crippen molar-refractivity contribution in [1.29, 1.82) is 0 Å². The lowest BCUT2D eigenvalue weighted by Crippen LogP contribution is -2.36. The molecule has 0 bridgehead atoms. The Labute approximate surface area is 161 Å². The number of fused-ring (bicyclic) bond motifs is 1. The molecule has 2 heterocycles. The second kappa shape index (κ2) is 7.70. The van der Waals surface area contributed by atoms with Gasteiger partial charge in [0.25, 0.3) is 5.56 Å². The van der Waals surface area contributed by atoms with Gasteiger partial charge in [-0.2, -0.15) is 13.2 Å². The average Bonchev–Trinajstić information content (AvgIpc) is 2.68. The number of hydrogen-bond acceptors (Lipinski definition) is 3. The number of alkyl halides is 3. The van der Waals surface area contributed by atoms with Crippen molar-refractivity contribution in [3.63, 3.8) is 0 Å². The number of hydrogen-bond donors (Lipinski definition) is 1. The summed E-state index contributed by atoms with van der Waals surface area (Å²) in [6, 6.07) is 5.64. The zero-order valence-electron chi connectivity index (χ0n) is 15.7. The van der Waals surface area contributed by atoms with Crippen molar-refractivity contribution in [1.82, 2.24) is 14.9 Å². The van der Waals surface area contributed by atoms with Crippen LogP contribution >= 0.6 is 0 Å². The molecule has 4 nitrogen and oxygen atoms in total. The maximum Gasteiger partial charge on any atom is 0.416 e. The van der Waals surface area contributed by atoms with Crippen LogP contribution in [0.25, 0.3) is 0 Å². The summed E-state index contributed by atoms with van der Waals surface area (Å²) >= 11 is 0. The first-order valence-corrected chi connectivity index (χ1v) is 9.91. The smallest absolute Gasteiger partial charge is 0.310 e. The molecule has 0 radical (unpaired) electrons. The molecule has 2 aliphatic rings. The first-order valence-electron chi connectivity index (χ1n) is 9.91. The van der Waals surface area contributed by atoms with Crippen LogP contribution in [0.15, 0.2) is 29.1 Å². The first kappa shape index (κ1) is 19.2. The normalized spacial score (nSPS) is 18.8. The van der Waals surface area contributed by atoms with Gasteiger partial charge in [0.05, 0.1) is 16.8 Å². The van der Waals surface area contributed by atoms with E-state index >= 15 is 0 Å². The summed E-state index contributed by atoms with van der Waals surface area (Å²) in [5.74, 6) is 1.11. The van der Waals surface area contributed by atoms with Gasteiger partial charge in [-0.25, -0.2) is 4.98 Å². The van der Waals surface area contributed by atoms with Crippen molar-refractivity contribution in [2.75, 3.05) is 6.54 Å². The largest absolute Gasteiger partial charge is 0.416 e. The molecule has 0 saturated heterocycles. The lowest BCUT2D eigenvalue weighted by Gasteiger charge is -2.29. The van der Waals surface area contributed by atoms with Crippen molar-refractivity contribution >= 4 is 0 Å². The maximum atomic E-state index is 13.2. The summed E-state index contributed by atoms with van der Waals surface area (Å²) in [6.45, 7) is 1.09. The van der Waals surface area contributed by atoms with E-state index in [0.717, 1.165) is 43.3 Å². The predicted molar refractivity (Wildman–Crippen MR) is 99.9 cm³/mol. The van der Waals surface area contributed by atoms with Crippen LogP contribution in [-0.2, 0) is 25.7 Å². The summed E-state index contributed by atoms with van der Waals surface area (Å²) in [5, 5.41) is 0. The van der Waals surface area contributed by atoms with E-state index in [1.165, 1.54) is 18.6 Å². The average molecular weight is 391 g/mol. The fourth-order valence-electron chi connectivity index (χ4n) is 4.38. The van der Waals surface area contributed by atoms with Crippen LogP contribution in [-0.4, -0.2) is 21.4 Å². The van der Waals surface area contributed by atoms with Gasteiger partial charge in [0, 0.05) is 32.0 Å². The monoisotopic (exact) mass is 391 g/mol. The highest BCUT2D eigenvalue weighted by Crippen LogP contribution is 2.33. The van der Waals surface area contributed by atoms with Gasteiger partial charge in [-0.1, -0.05) is 37.5 Å². The van der Waals surface area contributed by atoms with Gasteiger partial charge in [0.1, 0.15) is 5.82 Å². The molecular formula is C21H24F3N3O. The molecule has 0 amide bonds. The second-order valence-corrected chi connectivity index (χ2v) is 7.83. The van der Waals surface area contributed by atoms with Crippen molar-refractivity contribution in [3.05, 3.63) is 62.8 Å². The molecule has 7 heteroatoms. The molecule has 1 fully saturated rings. The van der Waals surface area contributed by atoms with Crippen LogP contribution in [0.2, 0.25) is 0 Å². The molecule has 0 unspecified atom stereocenters. The van der Waals surface area contributed by atoms with Gasteiger partial charge in [0.2, 0.25) is 0 Å². The summed E-state index contributed by atoms with van der Waals surface area (Å²) < 4.78 is 39.7. The number of nitrogens with zero attached hydrogens (tertiary/aromatic N) is 2. The number of rotatable bonds is 3. The van der Waals surface area contributed by atoms with Gasteiger partial charge >= 0.3 is 6.18 Å². The fraction of sp³-hybridized carbons (Fsp3) is 0.524. The Kier molecular flexibility index (Phi) is 5.27. The Morgan fingerprint density at radius 2 is 1.89 bits per heavy atom. The van der Waals surface area contributed by atoms with Crippen molar-refractivity contribution in [3.8, 4) is 0 Å². The second-order valence-electron chi connectivity index (χ2n) is 7.83. The number of H-pyrrole nitrogens is 1. The van der Waals surface area contributed by atoms with Crippen LogP contribution in [0.3, 0.4) is 0 Å². The number of aromatic amines is 1. The standard InChI is InChI=1S/C21H24F3N3O/c22-21(23,24)17-9-5-4-8-15(17)12-27-11-10-18-16(13-27)20(28)26-19(25-18)14-6-2-1-3-7-14/h4-5,8-9,14H,1-3,6-7,10-13H2,(H,25,26,28). The molecule has 0 spiro atoms. The lowest BCUT2D eigenvalue weighted by molar-refractivity contribution is -0.138. The third kappa shape index (κ3) is 3.99. The zero-order valence-corrected chi connectivity index (χ0v) is 15.7. The Morgan fingerprint density at radius 3 is 2.64 bits per heavy atom. The van der Waals surface area contributed by atoms with E-state index in [4.69, 9.17) is 4.98 Å². The van der Waals surface area contributed by atoms with Gasteiger partial charge in [-0.05, 0) is 24.5 Å². The highest BCUT2D eigenvalue weighted by Gasteiger charge is 2.33. The molecule has 4 rings (SSSR count). The molecule has 2 aromatic rings. The van der Waals surface area contributed by atoms with Crippen molar-refractivity contribution in [2.45, 2.75) is 63.7 Å². The van der Waals surface area contributed by atoms with Crippen LogP contribution in [0.5, 0.6) is 0 Å². The maximum absolute atomic E-state index is 13.2. The van der Waals surface area contributed by atoms with Crippen LogP contribution in [0, 0.1) is 0 Å². The zero-order chi connectivity index (χ0) is 19.7. The molecule has 1 aromatic heterocycles. The van der Waals surface area contributed by atoms with Crippen molar-refractivity contribution in [2.24, 2.45) is 0 Å². The van der Waals surface area contributed by atoms with Gasteiger partial charge in [0.15, 0.2) is 0 Å². The van der Waals surface area contributed by atoms with Gasteiger partial charge < -0.3 is 4.98 Å². The molecule has 1 saturated carbocycles. The topological polar surface area (TPSA) is 49.0 Å². The van der Waals surface area contributed by atoms with Crippen LogP contribution in [0.1, 0.15) is 66.2 Å². The molecular weight excluding hydrogens is 367 g/mol. The number of halogens is 3. The Morgan fingerprint density at radius 1 is 1.14 bits per heavy atom. The molecule has 0 atom stereocenters.